The number of allylic oxidation sites excluding steroid dienone is 1. The predicted molar refractivity (Wildman–Crippen MR) is 135 cm³/mol. The average Bonchev–Trinajstić information content (AvgIpc) is 3.21. The van der Waals surface area contributed by atoms with Crippen LogP contribution < -0.4 is 0 Å². The Hall–Kier alpha value is -1.98. The smallest absolute Gasteiger partial charge is 0.356 e. The molecule has 204 valence electrons. The molecule has 0 aromatic rings. The number of hydrogen-bond donors (Lipinski definition) is 0. The van der Waals surface area contributed by atoms with Gasteiger partial charge in [-0.15, -0.1) is 23.4 Å². The summed E-state index contributed by atoms with van der Waals surface area (Å²) in [6.07, 6.45) is 2.04. The molecule has 5 atom stereocenters. The van der Waals surface area contributed by atoms with E-state index in [4.69, 9.17) is 11.6 Å². The van der Waals surface area contributed by atoms with Gasteiger partial charge in [0.2, 0.25) is 15.9 Å². The van der Waals surface area contributed by atoms with Gasteiger partial charge >= 0.3 is 6.18 Å². The van der Waals surface area contributed by atoms with E-state index in [-0.39, 0.29) is 34.4 Å². The molecule has 3 aliphatic heterocycles. The predicted octanol–water partition coefficient (Wildman–Crippen LogP) is 3.01. The van der Waals surface area contributed by atoms with Crippen molar-refractivity contribution in [1.82, 2.24) is 14.1 Å². The van der Waals surface area contributed by atoms with Gasteiger partial charge in [0, 0.05) is 38.0 Å². The van der Waals surface area contributed by atoms with Crippen LogP contribution in [0.3, 0.4) is 0 Å². The minimum absolute atomic E-state index is 0.0391. The van der Waals surface area contributed by atoms with Gasteiger partial charge in [-0.2, -0.15) is 18.4 Å². The van der Waals surface area contributed by atoms with Gasteiger partial charge in [0.05, 0.1) is 24.6 Å². The molecule has 4 aliphatic rings. The number of alkyl halides is 4. The molecule has 0 spiro atoms. The lowest BCUT2D eigenvalue weighted by Gasteiger charge is -2.40. The monoisotopic (exact) mass is 580 g/mol. The molecule has 4 rings (SSSR count). The molecular weight excluding hydrogens is 553 g/mol. The number of nitrogens with zero attached hydrogens (tertiary/aromatic N) is 6. The number of aliphatic imine (C=N–C) groups is 2. The molecule has 0 N–H and O–H groups in total. The fourth-order valence-corrected chi connectivity index (χ4v) is 7.82. The number of hydrogen-bond acceptors (Lipinski definition) is 8. The summed E-state index contributed by atoms with van der Waals surface area (Å²) in [4.78, 5) is 25.6. The van der Waals surface area contributed by atoms with Crippen LogP contribution in [0.15, 0.2) is 21.0 Å². The molecule has 0 aromatic heterocycles. The Morgan fingerprint density at radius 2 is 2.00 bits per heavy atom. The fourth-order valence-electron chi connectivity index (χ4n) is 5.28. The van der Waals surface area contributed by atoms with Crippen molar-refractivity contribution in [2.75, 3.05) is 32.4 Å². The average molecular weight is 581 g/mol. The Labute approximate surface area is 223 Å². The number of fused-ring (bicyclic) bond motifs is 1. The van der Waals surface area contributed by atoms with Crippen LogP contribution in [0.5, 0.6) is 0 Å². The first kappa shape index (κ1) is 28.0. The number of piperazine rings is 1. The van der Waals surface area contributed by atoms with Gasteiger partial charge in [0.1, 0.15) is 17.5 Å². The van der Waals surface area contributed by atoms with Gasteiger partial charge in [0.25, 0.3) is 0 Å². The van der Waals surface area contributed by atoms with E-state index in [9.17, 15) is 31.6 Å². The minimum atomic E-state index is -4.27. The SMILES string of the molecule is CS(=O)(=O)N(C#N)C1CCC(CC(=O)N2CCN(C3=NC=NC4SC(CC(F)(F)F)=CC34)CC2)C(Cl)C1. The summed E-state index contributed by atoms with van der Waals surface area (Å²) in [7, 11) is -3.67. The Bertz CT molecular complexity index is 1130. The highest BCUT2D eigenvalue weighted by molar-refractivity contribution is 8.04. The Kier molecular flexibility index (Phi) is 8.35. The molecule has 0 radical (unpaired) electrons. The van der Waals surface area contributed by atoms with Gasteiger partial charge in [-0.3, -0.25) is 9.79 Å². The van der Waals surface area contributed by atoms with Crippen LogP contribution in [0.4, 0.5) is 13.2 Å². The molecule has 1 saturated heterocycles. The standard InChI is InChI=1S/C22H28ClF3N6O3S2/c1-37(34,35)32(12-27)15-3-2-14(18(23)9-15)8-19(33)30-4-6-31(7-5-30)20-17-10-16(11-22(24,25)26)36-21(17)29-13-28-20/h10,13-15,17-18,21H,2-9,11H2,1H3. The van der Waals surface area contributed by atoms with Crippen LogP contribution in [-0.4, -0.2) is 96.0 Å². The van der Waals surface area contributed by atoms with Gasteiger partial charge in [-0.1, -0.05) is 6.08 Å². The summed E-state index contributed by atoms with van der Waals surface area (Å²) in [5.74, 6) is 0.212. The molecule has 1 amide bonds. The van der Waals surface area contributed by atoms with E-state index < -0.39 is 34.0 Å². The van der Waals surface area contributed by atoms with Crippen molar-refractivity contribution in [3.05, 3.63) is 11.0 Å². The van der Waals surface area contributed by atoms with Crippen LogP contribution in [0.1, 0.15) is 32.1 Å². The summed E-state index contributed by atoms with van der Waals surface area (Å²) in [5.41, 5.74) is 0. The van der Waals surface area contributed by atoms with Crippen LogP contribution in [0, 0.1) is 23.3 Å². The zero-order valence-corrected chi connectivity index (χ0v) is 22.5. The highest BCUT2D eigenvalue weighted by atomic mass is 35.5. The summed E-state index contributed by atoms with van der Waals surface area (Å²) in [5, 5.41) is 8.46. The van der Waals surface area contributed by atoms with Crippen molar-refractivity contribution in [3.63, 3.8) is 0 Å². The zero-order valence-electron chi connectivity index (χ0n) is 20.1. The number of nitriles is 1. The molecule has 3 heterocycles. The highest BCUT2D eigenvalue weighted by Gasteiger charge is 2.41. The number of amidine groups is 1. The van der Waals surface area contributed by atoms with Crippen molar-refractivity contribution < 1.29 is 26.4 Å². The molecule has 0 aromatic carbocycles. The second-order valence-corrected chi connectivity index (χ2v) is 13.3. The molecule has 9 nitrogen and oxygen atoms in total. The fraction of sp³-hybridized carbons (Fsp3) is 0.727. The number of amides is 1. The lowest BCUT2D eigenvalue weighted by atomic mass is 9.83. The third-order valence-electron chi connectivity index (χ3n) is 7.08. The van der Waals surface area contributed by atoms with Crippen molar-refractivity contribution in [3.8, 4) is 6.19 Å². The van der Waals surface area contributed by atoms with E-state index in [2.05, 4.69) is 9.98 Å². The topological polar surface area (TPSA) is 109 Å². The quantitative estimate of drug-likeness (QED) is 0.281. The zero-order chi connectivity index (χ0) is 27.0. The third-order valence-corrected chi connectivity index (χ3v) is 9.95. The maximum atomic E-state index is 13.0. The molecule has 0 bridgehead atoms. The van der Waals surface area contributed by atoms with Crippen molar-refractivity contribution in [1.29, 1.82) is 5.26 Å². The van der Waals surface area contributed by atoms with E-state index >= 15 is 0 Å². The maximum Gasteiger partial charge on any atom is 0.393 e. The molecule has 1 aliphatic carbocycles. The number of rotatable bonds is 5. The van der Waals surface area contributed by atoms with Crippen LogP contribution in [-0.2, 0) is 14.8 Å². The number of halogens is 4. The number of thioether (sulfide) groups is 1. The van der Waals surface area contributed by atoms with E-state index in [1.54, 1.807) is 17.2 Å². The van der Waals surface area contributed by atoms with E-state index in [0.29, 0.717) is 51.3 Å². The second-order valence-electron chi connectivity index (χ2n) is 9.68. The first-order valence-electron chi connectivity index (χ1n) is 11.9. The normalized spacial score (nSPS) is 30.3. The van der Waals surface area contributed by atoms with Gasteiger partial charge < -0.3 is 9.80 Å². The third kappa shape index (κ3) is 6.72. The Morgan fingerprint density at radius 3 is 2.59 bits per heavy atom. The van der Waals surface area contributed by atoms with Crippen LogP contribution in [0.2, 0.25) is 0 Å². The van der Waals surface area contributed by atoms with E-state index in [0.717, 1.165) is 22.3 Å². The lowest BCUT2D eigenvalue weighted by Crippen LogP contribution is -2.53. The Balaban J connectivity index is 1.29. The van der Waals surface area contributed by atoms with Crippen molar-refractivity contribution in [2.45, 2.75) is 55.1 Å². The molecular formula is C22H28ClF3N6O3S2. The molecule has 2 fully saturated rings. The summed E-state index contributed by atoms with van der Waals surface area (Å²) in [6.45, 7) is 1.93. The van der Waals surface area contributed by atoms with Gasteiger partial charge in [-0.25, -0.2) is 17.7 Å². The second kappa shape index (κ2) is 11.0. The van der Waals surface area contributed by atoms with E-state index in [1.165, 1.54) is 6.34 Å². The van der Waals surface area contributed by atoms with Crippen molar-refractivity contribution >= 4 is 51.5 Å². The maximum absolute atomic E-state index is 13.0. The van der Waals surface area contributed by atoms with Crippen molar-refractivity contribution in [2.24, 2.45) is 21.8 Å². The van der Waals surface area contributed by atoms with Crippen LogP contribution in [0.25, 0.3) is 0 Å². The first-order valence-corrected chi connectivity index (χ1v) is 15.1. The number of sulfonamides is 1. The lowest BCUT2D eigenvalue weighted by molar-refractivity contribution is -0.133. The first-order chi connectivity index (χ1) is 17.4. The molecule has 1 saturated carbocycles. The minimum Gasteiger partial charge on any atom is -0.356 e. The van der Waals surface area contributed by atoms with Crippen LogP contribution >= 0.6 is 23.4 Å². The summed E-state index contributed by atoms with van der Waals surface area (Å²) in [6, 6.07) is -0.500. The summed E-state index contributed by atoms with van der Waals surface area (Å²) >= 11 is 7.65. The Morgan fingerprint density at radius 1 is 1.30 bits per heavy atom. The molecule has 15 heteroatoms. The van der Waals surface area contributed by atoms with Gasteiger partial charge in [0.15, 0.2) is 6.19 Å². The summed E-state index contributed by atoms with van der Waals surface area (Å²) < 4.78 is 63.0. The molecule has 5 unspecified atom stereocenters. The number of carbonyl (C=O) groups excluding carboxylic acids is 1. The molecule has 37 heavy (non-hydrogen) atoms. The largest absolute Gasteiger partial charge is 0.393 e. The highest BCUT2D eigenvalue weighted by Crippen LogP contribution is 2.44. The van der Waals surface area contributed by atoms with E-state index in [1.807, 2.05) is 4.90 Å². The number of carbonyl (C=O) groups is 1. The van der Waals surface area contributed by atoms with Gasteiger partial charge in [-0.05, 0) is 30.1 Å².